The monoisotopic (exact) mass is 659 g/mol. The van der Waals surface area contributed by atoms with E-state index in [1.807, 2.05) is 97.1 Å². The highest BCUT2D eigenvalue weighted by Gasteiger charge is 2.44. The molecule has 0 radical (unpaired) electrons. The number of fused-ring (bicyclic) bond motifs is 8. The summed E-state index contributed by atoms with van der Waals surface area (Å²) >= 11 is 0. The molecule has 51 heavy (non-hydrogen) atoms. The zero-order chi connectivity index (χ0) is 34.6. The van der Waals surface area contributed by atoms with E-state index in [0.717, 1.165) is 61.8 Å². The van der Waals surface area contributed by atoms with E-state index in [0.29, 0.717) is 5.56 Å². The molecule has 0 fully saturated rings. The van der Waals surface area contributed by atoms with Crippen molar-refractivity contribution in [1.29, 1.82) is 5.26 Å². The summed E-state index contributed by atoms with van der Waals surface area (Å²) in [4.78, 5) is 0. The molecule has 1 aliphatic heterocycles. The normalized spacial score (nSPS) is 14.5. The molecule has 0 amide bonds. The van der Waals surface area contributed by atoms with Gasteiger partial charge in [0.2, 0.25) is 0 Å². The molecule has 0 saturated carbocycles. The Balaban J connectivity index is 1.21. The van der Waals surface area contributed by atoms with Crippen LogP contribution < -0.4 is 14.2 Å². The lowest BCUT2D eigenvalue weighted by Gasteiger charge is -2.38. The van der Waals surface area contributed by atoms with Gasteiger partial charge in [0, 0.05) is 27.5 Å². The molecule has 244 valence electrons. The van der Waals surface area contributed by atoms with E-state index in [4.69, 9.17) is 14.2 Å². The van der Waals surface area contributed by atoms with Gasteiger partial charge in [-0.15, -0.1) is 0 Å². The molecule has 0 N–H and O–H groups in total. The Kier molecular flexibility index (Phi) is 7.05. The van der Waals surface area contributed by atoms with E-state index in [9.17, 15) is 5.26 Å². The summed E-state index contributed by atoms with van der Waals surface area (Å²) in [6.45, 7) is 4.50. The third kappa shape index (κ3) is 4.97. The molecule has 0 unspecified atom stereocenters. The minimum atomic E-state index is -0.954. The minimum absolute atomic E-state index is 0.355. The van der Waals surface area contributed by atoms with Gasteiger partial charge in [-0.1, -0.05) is 111 Å². The molecule has 7 aromatic rings. The van der Waals surface area contributed by atoms with Gasteiger partial charge in [0.05, 0.1) is 11.6 Å². The van der Waals surface area contributed by atoms with Crippen molar-refractivity contribution in [2.24, 2.45) is 0 Å². The second-order valence-corrected chi connectivity index (χ2v) is 13.6. The average molecular weight is 660 g/mol. The summed E-state index contributed by atoms with van der Waals surface area (Å²) < 4.78 is 19.8. The van der Waals surface area contributed by atoms with Crippen LogP contribution in [-0.2, 0) is 11.0 Å². The number of rotatable bonds is 6. The summed E-state index contributed by atoms with van der Waals surface area (Å²) in [6, 6.07) is 52.8. The third-order valence-electron chi connectivity index (χ3n) is 10.2. The van der Waals surface area contributed by atoms with Gasteiger partial charge in [-0.25, -0.2) is 0 Å². The van der Waals surface area contributed by atoms with Crippen molar-refractivity contribution < 1.29 is 14.2 Å². The highest BCUT2D eigenvalue weighted by molar-refractivity contribution is 6.08. The van der Waals surface area contributed by atoms with E-state index < -0.39 is 5.60 Å². The van der Waals surface area contributed by atoms with Gasteiger partial charge in [0.15, 0.2) is 5.60 Å². The van der Waals surface area contributed by atoms with Gasteiger partial charge in [-0.2, -0.15) is 5.26 Å². The fourth-order valence-corrected chi connectivity index (χ4v) is 7.77. The first kappa shape index (κ1) is 30.5. The molecule has 7 aromatic carbocycles. The Hall–Kier alpha value is -6.57. The Morgan fingerprint density at radius 3 is 1.69 bits per heavy atom. The van der Waals surface area contributed by atoms with E-state index >= 15 is 0 Å². The van der Waals surface area contributed by atoms with Crippen LogP contribution >= 0.6 is 0 Å². The first-order chi connectivity index (χ1) is 24.9. The molecular weight excluding hydrogens is 627 g/mol. The fraction of sp³-hybridized carbons (Fsp3) is 0.0851. The molecule has 0 atom stereocenters. The van der Waals surface area contributed by atoms with Crippen LogP contribution in [0.4, 0.5) is 0 Å². The molecule has 4 heteroatoms. The molecule has 0 aromatic heterocycles. The Morgan fingerprint density at radius 1 is 0.588 bits per heavy atom. The number of para-hydroxylation sites is 2. The van der Waals surface area contributed by atoms with Crippen LogP contribution in [-0.4, -0.2) is 0 Å². The van der Waals surface area contributed by atoms with E-state index in [2.05, 4.69) is 86.7 Å². The molecule has 9 rings (SSSR count). The molecule has 2 aliphatic rings. The van der Waals surface area contributed by atoms with Crippen molar-refractivity contribution in [2.45, 2.75) is 24.9 Å². The number of benzene rings is 7. The maximum Gasteiger partial charge on any atom is 0.178 e. The van der Waals surface area contributed by atoms with E-state index in [1.54, 1.807) is 0 Å². The summed E-state index contributed by atoms with van der Waals surface area (Å²) in [7, 11) is 0. The summed E-state index contributed by atoms with van der Waals surface area (Å²) in [5.41, 5.74) is 7.09. The van der Waals surface area contributed by atoms with Crippen molar-refractivity contribution in [3.63, 3.8) is 0 Å². The molecule has 1 heterocycles. The summed E-state index contributed by atoms with van der Waals surface area (Å²) in [5, 5.41) is 12.0. The van der Waals surface area contributed by atoms with Gasteiger partial charge in [-0.05, 0) is 94.4 Å². The van der Waals surface area contributed by atoms with Gasteiger partial charge < -0.3 is 14.2 Å². The Labute approximate surface area is 297 Å². The van der Waals surface area contributed by atoms with Crippen molar-refractivity contribution >= 4 is 16.8 Å². The maximum atomic E-state index is 9.78. The number of nitriles is 1. The van der Waals surface area contributed by atoms with Crippen LogP contribution in [0.2, 0.25) is 0 Å². The van der Waals surface area contributed by atoms with Crippen molar-refractivity contribution in [3.8, 4) is 45.9 Å². The summed E-state index contributed by atoms with van der Waals surface area (Å²) in [6.07, 6.45) is 4.43. The summed E-state index contributed by atoms with van der Waals surface area (Å²) in [5.74, 6) is 3.88. The Morgan fingerprint density at radius 2 is 1.12 bits per heavy atom. The predicted octanol–water partition coefficient (Wildman–Crippen LogP) is 12.0. The molecule has 0 saturated heterocycles. The van der Waals surface area contributed by atoms with Crippen LogP contribution in [0.5, 0.6) is 28.7 Å². The third-order valence-corrected chi connectivity index (χ3v) is 10.2. The number of hydrogen-bond acceptors (Lipinski definition) is 4. The Bertz CT molecular complexity index is 2420. The van der Waals surface area contributed by atoms with E-state index in [-0.39, 0.29) is 5.41 Å². The quantitative estimate of drug-likeness (QED) is 0.178. The number of nitrogens with zero attached hydrogens (tertiary/aromatic N) is 1. The largest absolute Gasteiger partial charge is 0.472 e. The number of hydrogen-bond donors (Lipinski definition) is 0. The molecular formula is C47H33NO3. The van der Waals surface area contributed by atoms with Gasteiger partial charge in [0.1, 0.15) is 28.7 Å². The zero-order valence-corrected chi connectivity index (χ0v) is 28.3. The lowest BCUT2D eigenvalue weighted by molar-refractivity contribution is 0.163. The van der Waals surface area contributed by atoms with Crippen LogP contribution in [0.3, 0.4) is 0 Å². The predicted molar refractivity (Wildman–Crippen MR) is 203 cm³/mol. The lowest BCUT2D eigenvalue weighted by atomic mass is 9.76. The second kappa shape index (κ2) is 11.8. The number of ether oxygens (including phenoxy) is 3. The first-order valence-electron chi connectivity index (χ1n) is 17.1. The maximum absolute atomic E-state index is 9.78. The topological polar surface area (TPSA) is 51.5 Å². The van der Waals surface area contributed by atoms with Crippen molar-refractivity contribution in [3.05, 3.63) is 191 Å². The average Bonchev–Trinajstić information content (AvgIpc) is 3.42. The van der Waals surface area contributed by atoms with Gasteiger partial charge >= 0.3 is 0 Å². The van der Waals surface area contributed by atoms with Gasteiger partial charge in [0.25, 0.3) is 0 Å². The van der Waals surface area contributed by atoms with Crippen molar-refractivity contribution in [1.82, 2.24) is 0 Å². The highest BCUT2D eigenvalue weighted by Crippen LogP contribution is 2.58. The SMILES string of the molecule is CC1(C)c2cc(C#N)ccc2-c2c1c1c(c3ccccc23)OC(c2ccc(Oc3ccccc3)cc2)(c2ccc(Oc3ccccc3)cc2)C=C1. The first-order valence-corrected chi connectivity index (χ1v) is 17.1. The van der Waals surface area contributed by atoms with Crippen LogP contribution in [0.25, 0.3) is 28.0 Å². The second-order valence-electron chi connectivity index (χ2n) is 13.6. The minimum Gasteiger partial charge on any atom is -0.472 e. The van der Waals surface area contributed by atoms with Crippen LogP contribution in [0, 0.1) is 11.3 Å². The smallest absolute Gasteiger partial charge is 0.178 e. The van der Waals surface area contributed by atoms with Gasteiger partial charge in [-0.3, -0.25) is 0 Å². The van der Waals surface area contributed by atoms with Crippen LogP contribution in [0.1, 0.15) is 47.2 Å². The van der Waals surface area contributed by atoms with Crippen molar-refractivity contribution in [2.75, 3.05) is 0 Å². The highest BCUT2D eigenvalue weighted by atomic mass is 16.5. The zero-order valence-electron chi connectivity index (χ0n) is 28.3. The fourth-order valence-electron chi connectivity index (χ4n) is 7.77. The molecule has 1 aliphatic carbocycles. The standard InChI is InChI=1S/C47H33NO3/c1-46(2)42-29-31(30-48)17-26-40(42)43-38-15-9-10-16-39(38)45-41(44(43)46)27-28-47(51-45,32-18-22-36(23-19-32)49-34-11-5-3-6-12-34)33-20-24-37(25-21-33)50-35-13-7-4-8-14-35/h3-29H,1-2H3. The molecule has 0 bridgehead atoms. The lowest BCUT2D eigenvalue weighted by Crippen LogP contribution is -2.35. The molecule has 0 spiro atoms. The molecule has 4 nitrogen and oxygen atoms in total. The van der Waals surface area contributed by atoms with Crippen LogP contribution in [0.15, 0.2) is 158 Å². The van der Waals surface area contributed by atoms with E-state index in [1.165, 1.54) is 16.7 Å².